The van der Waals surface area contributed by atoms with Crippen molar-refractivity contribution in [2.24, 2.45) is 0 Å². The number of hydrogen-bond acceptors (Lipinski definition) is 7. The zero-order chi connectivity index (χ0) is 24.1. The fourth-order valence-corrected chi connectivity index (χ4v) is 5.70. The van der Waals surface area contributed by atoms with E-state index in [1.54, 1.807) is 28.1 Å². The molecule has 1 aliphatic heterocycles. The molecule has 3 heterocycles. The highest BCUT2D eigenvalue weighted by Gasteiger charge is 2.24. The van der Waals surface area contributed by atoms with Gasteiger partial charge in [-0.2, -0.15) is 0 Å². The Morgan fingerprint density at radius 3 is 2.62 bits per heavy atom. The van der Waals surface area contributed by atoms with Crippen molar-refractivity contribution >= 4 is 39.5 Å². The van der Waals surface area contributed by atoms with Gasteiger partial charge in [-0.3, -0.25) is 19.0 Å². The number of amides is 3. The lowest BCUT2D eigenvalue weighted by Gasteiger charge is -2.34. The molecule has 11 heteroatoms. The first-order valence-electron chi connectivity index (χ1n) is 11.9. The van der Waals surface area contributed by atoms with Crippen LogP contribution in [0.2, 0.25) is 0 Å². The number of carbonyl (C=O) groups is 3. The highest BCUT2D eigenvalue weighted by Crippen LogP contribution is 2.33. The third-order valence-electron chi connectivity index (χ3n) is 6.30. The van der Waals surface area contributed by atoms with Crippen molar-refractivity contribution in [2.45, 2.75) is 52.0 Å². The summed E-state index contributed by atoms with van der Waals surface area (Å²) in [6, 6.07) is 0. The average molecular weight is 490 g/mol. The second-order valence-electron chi connectivity index (χ2n) is 8.59. The van der Waals surface area contributed by atoms with E-state index in [1.165, 1.54) is 15.8 Å². The van der Waals surface area contributed by atoms with Crippen molar-refractivity contribution in [1.29, 1.82) is 0 Å². The maximum atomic E-state index is 13.0. The van der Waals surface area contributed by atoms with Gasteiger partial charge in [-0.25, -0.2) is 9.78 Å². The molecule has 0 atom stereocenters. The molecule has 10 nitrogen and oxygen atoms in total. The van der Waals surface area contributed by atoms with E-state index < -0.39 is 0 Å². The molecule has 4 rings (SSSR count). The number of hydrogen-bond donors (Lipinski definition) is 1. The van der Waals surface area contributed by atoms with E-state index in [4.69, 9.17) is 4.74 Å². The molecule has 0 saturated carbocycles. The standard InChI is InChI=1S/C23H31N5O5S/c1-2-33-23(32)27-12-10-26(11-13-27)19(30)8-5-9-24-18(29)14-28-15-25-21-20(22(28)31)16-6-3-4-7-17(16)34-21/h15H,2-14H2,1H3,(H,24,29). The lowest BCUT2D eigenvalue weighted by molar-refractivity contribution is -0.133. The van der Waals surface area contributed by atoms with Gasteiger partial charge >= 0.3 is 6.09 Å². The van der Waals surface area contributed by atoms with Crippen LogP contribution in [0.3, 0.4) is 0 Å². The van der Waals surface area contributed by atoms with E-state index in [9.17, 15) is 19.2 Å². The van der Waals surface area contributed by atoms with E-state index in [-0.39, 0.29) is 30.0 Å². The van der Waals surface area contributed by atoms with Crippen LogP contribution >= 0.6 is 11.3 Å². The Labute approximate surface area is 201 Å². The fraction of sp³-hybridized carbons (Fsp3) is 0.609. The van der Waals surface area contributed by atoms with Crippen molar-refractivity contribution in [1.82, 2.24) is 24.7 Å². The zero-order valence-electron chi connectivity index (χ0n) is 19.5. The van der Waals surface area contributed by atoms with Crippen LogP contribution in [0, 0.1) is 0 Å². The van der Waals surface area contributed by atoms with Crippen LogP contribution < -0.4 is 10.9 Å². The van der Waals surface area contributed by atoms with Gasteiger partial charge in [0.05, 0.1) is 18.3 Å². The van der Waals surface area contributed by atoms with Crippen molar-refractivity contribution in [2.75, 3.05) is 39.3 Å². The minimum Gasteiger partial charge on any atom is -0.450 e. The largest absolute Gasteiger partial charge is 0.450 e. The van der Waals surface area contributed by atoms with Crippen molar-refractivity contribution in [3.63, 3.8) is 0 Å². The monoisotopic (exact) mass is 489 g/mol. The summed E-state index contributed by atoms with van der Waals surface area (Å²) in [5.74, 6) is -0.270. The molecule has 0 unspecified atom stereocenters. The van der Waals surface area contributed by atoms with Crippen molar-refractivity contribution in [3.05, 3.63) is 27.1 Å². The molecule has 34 heavy (non-hydrogen) atoms. The van der Waals surface area contributed by atoms with Crippen LogP contribution in [-0.4, -0.2) is 76.6 Å². The van der Waals surface area contributed by atoms with Crippen LogP contribution in [0.5, 0.6) is 0 Å². The number of aromatic nitrogens is 2. The molecular formula is C23H31N5O5S. The summed E-state index contributed by atoms with van der Waals surface area (Å²) >= 11 is 1.59. The predicted molar refractivity (Wildman–Crippen MR) is 128 cm³/mol. The summed E-state index contributed by atoms with van der Waals surface area (Å²) in [4.78, 5) is 59.3. The van der Waals surface area contributed by atoms with Crippen molar-refractivity contribution < 1.29 is 19.1 Å². The quantitative estimate of drug-likeness (QED) is 0.590. The van der Waals surface area contributed by atoms with Gasteiger partial charge in [0.1, 0.15) is 11.4 Å². The molecule has 0 aromatic carbocycles. The van der Waals surface area contributed by atoms with Crippen LogP contribution in [0.4, 0.5) is 4.79 Å². The number of rotatable bonds is 7. The first kappa shape index (κ1) is 24.2. The minimum absolute atomic E-state index is 0.00543. The number of nitrogens with zero attached hydrogens (tertiary/aromatic N) is 4. The fourth-order valence-electron chi connectivity index (χ4n) is 4.48. The summed E-state index contributed by atoms with van der Waals surface area (Å²) in [5, 5.41) is 3.46. The number of carbonyl (C=O) groups excluding carboxylic acids is 3. The summed E-state index contributed by atoms with van der Waals surface area (Å²) in [6.07, 6.45) is 6.04. The molecule has 1 saturated heterocycles. The van der Waals surface area contributed by atoms with Gasteiger partial charge in [0.15, 0.2) is 0 Å². The van der Waals surface area contributed by atoms with E-state index in [0.717, 1.165) is 36.1 Å². The molecular weight excluding hydrogens is 458 g/mol. The van der Waals surface area contributed by atoms with Crippen LogP contribution in [0.1, 0.15) is 43.0 Å². The molecule has 2 aromatic rings. The topological polar surface area (TPSA) is 114 Å². The normalized spacial score (nSPS) is 15.8. The number of thiophene rings is 1. The molecule has 1 N–H and O–H groups in total. The Hall–Kier alpha value is -2.95. The highest BCUT2D eigenvalue weighted by atomic mass is 32.1. The minimum atomic E-state index is -0.343. The van der Waals surface area contributed by atoms with E-state index in [1.807, 2.05) is 0 Å². The maximum Gasteiger partial charge on any atom is 0.409 e. The van der Waals surface area contributed by atoms with Gasteiger partial charge < -0.3 is 19.9 Å². The summed E-state index contributed by atoms with van der Waals surface area (Å²) < 4.78 is 6.36. The Morgan fingerprint density at radius 2 is 1.85 bits per heavy atom. The third-order valence-corrected chi connectivity index (χ3v) is 7.50. The predicted octanol–water partition coefficient (Wildman–Crippen LogP) is 1.53. The van der Waals surface area contributed by atoms with E-state index >= 15 is 0 Å². The Balaban J connectivity index is 1.21. The number of aryl methyl sites for hydroxylation is 2. The molecule has 0 radical (unpaired) electrons. The van der Waals surface area contributed by atoms with Gasteiger partial charge in [0, 0.05) is 44.0 Å². The van der Waals surface area contributed by atoms with Crippen molar-refractivity contribution in [3.8, 4) is 0 Å². The van der Waals surface area contributed by atoms with Gasteiger partial charge in [0.2, 0.25) is 11.8 Å². The molecule has 0 spiro atoms. The van der Waals surface area contributed by atoms with Crippen LogP contribution in [0.15, 0.2) is 11.1 Å². The van der Waals surface area contributed by atoms with Gasteiger partial charge in [-0.1, -0.05) is 0 Å². The van der Waals surface area contributed by atoms with Gasteiger partial charge in [-0.15, -0.1) is 11.3 Å². The molecule has 1 fully saturated rings. The first-order chi connectivity index (χ1) is 16.5. The summed E-state index contributed by atoms with van der Waals surface area (Å²) in [5.41, 5.74) is 0.955. The third kappa shape index (κ3) is 5.40. The van der Waals surface area contributed by atoms with E-state index in [2.05, 4.69) is 10.3 Å². The van der Waals surface area contributed by atoms with E-state index in [0.29, 0.717) is 57.6 Å². The first-order valence-corrected chi connectivity index (χ1v) is 12.8. The molecule has 1 aliphatic carbocycles. The zero-order valence-corrected chi connectivity index (χ0v) is 20.3. The lowest BCUT2D eigenvalue weighted by atomic mass is 9.97. The average Bonchev–Trinajstić information content (AvgIpc) is 3.23. The number of fused-ring (bicyclic) bond motifs is 3. The molecule has 0 bridgehead atoms. The number of piperazine rings is 1. The summed E-state index contributed by atoms with van der Waals surface area (Å²) in [6.45, 7) is 4.24. The molecule has 184 valence electrons. The number of nitrogens with one attached hydrogen (secondary N) is 1. The molecule has 2 aromatic heterocycles. The Kier molecular flexibility index (Phi) is 7.81. The van der Waals surface area contributed by atoms with Crippen LogP contribution in [-0.2, 0) is 33.7 Å². The van der Waals surface area contributed by atoms with Crippen LogP contribution in [0.25, 0.3) is 10.2 Å². The summed E-state index contributed by atoms with van der Waals surface area (Å²) in [7, 11) is 0. The lowest BCUT2D eigenvalue weighted by Crippen LogP contribution is -2.50. The second-order valence-corrected chi connectivity index (χ2v) is 9.67. The second kappa shape index (κ2) is 11.0. The maximum absolute atomic E-state index is 13.0. The Morgan fingerprint density at radius 1 is 1.12 bits per heavy atom. The molecule has 3 amide bonds. The molecule has 2 aliphatic rings. The van der Waals surface area contributed by atoms with Gasteiger partial charge in [0.25, 0.3) is 5.56 Å². The highest BCUT2D eigenvalue weighted by molar-refractivity contribution is 7.18. The smallest absolute Gasteiger partial charge is 0.409 e. The Bertz CT molecular complexity index is 1120. The van der Waals surface area contributed by atoms with Gasteiger partial charge in [-0.05, 0) is 44.6 Å². The number of ether oxygens (including phenoxy) is 1. The SMILES string of the molecule is CCOC(=O)N1CCN(C(=O)CCCNC(=O)Cn2cnc3sc4c(c3c2=O)CCCC4)CC1.